The van der Waals surface area contributed by atoms with Gasteiger partial charge in [0.15, 0.2) is 0 Å². The summed E-state index contributed by atoms with van der Waals surface area (Å²) in [6.07, 6.45) is 4.34. The Morgan fingerprint density at radius 2 is 1.72 bits per heavy atom. The van der Waals surface area contributed by atoms with E-state index in [9.17, 15) is 12.8 Å². The molecule has 0 aromatic heterocycles. The van der Waals surface area contributed by atoms with Crippen LogP contribution in [0.5, 0.6) is 0 Å². The molecular formula is C24H31FN4O2S. The van der Waals surface area contributed by atoms with Gasteiger partial charge in [0, 0.05) is 51.0 Å². The molecule has 1 N–H and O–H groups in total. The number of piperidine rings is 1. The first kappa shape index (κ1) is 21.8. The van der Waals surface area contributed by atoms with Crippen LogP contribution in [0.4, 0.5) is 10.1 Å². The molecule has 0 amide bonds. The number of hydrazine groups is 1. The number of fused-ring (bicyclic) bond motifs is 1. The molecule has 172 valence electrons. The van der Waals surface area contributed by atoms with E-state index in [1.54, 1.807) is 17.1 Å². The standard InChI is InChI=1S/C24H31FN4O2S/c25-22-5-2-19(3-6-22)7-11-27-12-9-23(10-13-27)29-14-8-21-4-1-20(17-24(21)29)18-28-15-16-32(30,31)26-28/h1-6,17,23,26H,7-16,18H2. The van der Waals surface area contributed by atoms with Gasteiger partial charge >= 0.3 is 0 Å². The van der Waals surface area contributed by atoms with Crippen molar-refractivity contribution in [1.29, 1.82) is 0 Å². The van der Waals surface area contributed by atoms with Crippen molar-refractivity contribution >= 4 is 15.7 Å². The molecule has 3 aliphatic rings. The fraction of sp³-hybridized carbons (Fsp3) is 0.500. The number of nitrogens with zero attached hydrogens (tertiary/aromatic N) is 3. The molecule has 2 saturated heterocycles. The molecule has 0 unspecified atom stereocenters. The lowest BCUT2D eigenvalue weighted by atomic mass is 10.0. The summed E-state index contributed by atoms with van der Waals surface area (Å²) in [7, 11) is -3.14. The van der Waals surface area contributed by atoms with Crippen molar-refractivity contribution in [2.75, 3.05) is 43.4 Å². The zero-order valence-corrected chi connectivity index (χ0v) is 19.2. The van der Waals surface area contributed by atoms with Gasteiger partial charge < -0.3 is 9.80 Å². The van der Waals surface area contributed by atoms with E-state index in [1.807, 2.05) is 12.1 Å². The van der Waals surface area contributed by atoms with Crippen LogP contribution in [0.1, 0.15) is 29.5 Å². The van der Waals surface area contributed by atoms with E-state index in [2.05, 4.69) is 32.8 Å². The Balaban J connectivity index is 1.16. The van der Waals surface area contributed by atoms with Crippen LogP contribution in [-0.4, -0.2) is 62.8 Å². The second-order valence-electron chi connectivity index (χ2n) is 9.19. The summed E-state index contributed by atoms with van der Waals surface area (Å²) in [6.45, 7) is 5.39. The van der Waals surface area contributed by atoms with Crippen LogP contribution < -0.4 is 9.73 Å². The number of nitrogens with one attached hydrogen (secondary N) is 1. The number of likely N-dealkylation sites (tertiary alicyclic amines) is 1. The van der Waals surface area contributed by atoms with Gasteiger partial charge in [-0.25, -0.2) is 17.8 Å². The van der Waals surface area contributed by atoms with Gasteiger partial charge in [0.2, 0.25) is 10.0 Å². The Hall–Kier alpha value is -2.00. The summed E-state index contributed by atoms with van der Waals surface area (Å²) in [5, 5.41) is 1.79. The smallest absolute Gasteiger partial charge is 0.225 e. The van der Waals surface area contributed by atoms with Crippen molar-refractivity contribution in [3.63, 3.8) is 0 Å². The molecular weight excluding hydrogens is 427 g/mol. The minimum absolute atomic E-state index is 0.170. The minimum Gasteiger partial charge on any atom is -0.368 e. The summed E-state index contributed by atoms with van der Waals surface area (Å²) in [6, 6.07) is 14.0. The first-order valence-corrected chi connectivity index (χ1v) is 13.2. The van der Waals surface area contributed by atoms with Gasteiger partial charge in [-0.3, -0.25) is 0 Å². The van der Waals surface area contributed by atoms with Crippen LogP contribution in [0.15, 0.2) is 42.5 Å². The van der Waals surface area contributed by atoms with E-state index in [0.29, 0.717) is 19.1 Å². The predicted octanol–water partition coefficient (Wildman–Crippen LogP) is 2.55. The molecule has 3 aliphatic heterocycles. The molecule has 8 heteroatoms. The Labute approximate surface area is 190 Å². The lowest BCUT2D eigenvalue weighted by Gasteiger charge is -2.38. The summed E-state index contributed by atoms with van der Waals surface area (Å²) < 4.78 is 36.4. The monoisotopic (exact) mass is 458 g/mol. The molecule has 2 aromatic carbocycles. The summed E-state index contributed by atoms with van der Waals surface area (Å²) in [5.41, 5.74) is 5.07. The van der Waals surface area contributed by atoms with Crippen molar-refractivity contribution in [2.24, 2.45) is 0 Å². The number of hydrogen-bond donors (Lipinski definition) is 1. The first-order valence-electron chi connectivity index (χ1n) is 11.6. The fourth-order valence-corrected chi connectivity index (χ4v) is 6.27. The molecule has 0 aliphatic carbocycles. The van der Waals surface area contributed by atoms with Crippen LogP contribution in [0.2, 0.25) is 0 Å². The second-order valence-corrected chi connectivity index (χ2v) is 11.0. The van der Waals surface area contributed by atoms with Gasteiger partial charge in [-0.2, -0.15) is 0 Å². The highest BCUT2D eigenvalue weighted by Crippen LogP contribution is 2.34. The van der Waals surface area contributed by atoms with E-state index in [0.717, 1.165) is 57.4 Å². The van der Waals surface area contributed by atoms with Crippen molar-refractivity contribution in [3.05, 3.63) is 65.0 Å². The fourth-order valence-electron chi connectivity index (χ4n) is 5.17. The zero-order valence-electron chi connectivity index (χ0n) is 18.3. The molecule has 3 heterocycles. The molecule has 2 aromatic rings. The topological polar surface area (TPSA) is 55.9 Å². The molecule has 0 radical (unpaired) electrons. The third-order valence-corrected chi connectivity index (χ3v) is 8.24. The van der Waals surface area contributed by atoms with Crippen LogP contribution in [0.3, 0.4) is 0 Å². The maximum Gasteiger partial charge on any atom is 0.225 e. The van der Waals surface area contributed by atoms with Crippen LogP contribution in [0.25, 0.3) is 0 Å². The SMILES string of the molecule is O=S1(=O)CCN(Cc2ccc3c(c2)N(C2CCN(CCc4ccc(F)cc4)CC2)CC3)N1. The molecule has 0 saturated carbocycles. The van der Waals surface area contributed by atoms with Crippen molar-refractivity contribution in [3.8, 4) is 0 Å². The van der Waals surface area contributed by atoms with Crippen molar-refractivity contribution in [1.82, 2.24) is 14.7 Å². The Kier molecular flexibility index (Phi) is 6.20. The normalized spacial score (nSPS) is 21.8. The molecule has 0 spiro atoms. The number of benzene rings is 2. The average molecular weight is 459 g/mol. The molecule has 2 fully saturated rings. The zero-order chi connectivity index (χ0) is 22.1. The first-order chi connectivity index (χ1) is 15.4. The summed E-state index contributed by atoms with van der Waals surface area (Å²) in [4.78, 5) is 7.71. The number of hydrogen-bond acceptors (Lipinski definition) is 5. The molecule has 5 rings (SSSR count). The lowest BCUT2D eigenvalue weighted by molar-refractivity contribution is 0.212. The van der Waals surface area contributed by atoms with Crippen molar-refractivity contribution in [2.45, 2.75) is 38.3 Å². The Bertz CT molecular complexity index is 1050. The van der Waals surface area contributed by atoms with Gasteiger partial charge in [0.1, 0.15) is 5.82 Å². The van der Waals surface area contributed by atoms with E-state index < -0.39 is 10.0 Å². The minimum atomic E-state index is -3.14. The quantitative estimate of drug-likeness (QED) is 0.721. The maximum absolute atomic E-state index is 13.1. The highest BCUT2D eigenvalue weighted by Gasteiger charge is 2.30. The number of sulfonamides is 1. The van der Waals surface area contributed by atoms with E-state index in [4.69, 9.17) is 0 Å². The molecule has 0 atom stereocenters. The summed E-state index contributed by atoms with van der Waals surface area (Å²) in [5.74, 6) is -0.00517. The van der Waals surface area contributed by atoms with Gasteiger partial charge in [-0.05, 0) is 60.6 Å². The van der Waals surface area contributed by atoms with Gasteiger partial charge in [-0.1, -0.05) is 24.3 Å². The van der Waals surface area contributed by atoms with Crippen LogP contribution in [-0.2, 0) is 29.4 Å². The largest absolute Gasteiger partial charge is 0.368 e. The third-order valence-electron chi connectivity index (χ3n) is 6.98. The van der Waals surface area contributed by atoms with Crippen LogP contribution >= 0.6 is 0 Å². The highest BCUT2D eigenvalue weighted by atomic mass is 32.2. The average Bonchev–Trinajstić information content (AvgIpc) is 3.36. The summed E-state index contributed by atoms with van der Waals surface area (Å²) >= 11 is 0. The van der Waals surface area contributed by atoms with E-state index >= 15 is 0 Å². The van der Waals surface area contributed by atoms with E-state index in [-0.39, 0.29) is 11.6 Å². The third kappa shape index (κ3) is 4.98. The molecule has 32 heavy (non-hydrogen) atoms. The maximum atomic E-state index is 13.1. The van der Waals surface area contributed by atoms with E-state index in [1.165, 1.54) is 16.8 Å². The van der Waals surface area contributed by atoms with Crippen molar-refractivity contribution < 1.29 is 12.8 Å². The Morgan fingerprint density at radius 1 is 0.969 bits per heavy atom. The number of anilines is 1. The predicted molar refractivity (Wildman–Crippen MR) is 124 cm³/mol. The van der Waals surface area contributed by atoms with Gasteiger partial charge in [0.05, 0.1) is 5.75 Å². The van der Waals surface area contributed by atoms with Gasteiger partial charge in [-0.15, -0.1) is 4.83 Å². The van der Waals surface area contributed by atoms with Gasteiger partial charge in [0.25, 0.3) is 0 Å². The lowest BCUT2D eigenvalue weighted by Crippen LogP contribution is -2.45. The highest BCUT2D eigenvalue weighted by molar-refractivity contribution is 7.89. The van der Waals surface area contributed by atoms with Crippen LogP contribution in [0, 0.1) is 5.82 Å². The molecule has 6 nitrogen and oxygen atoms in total. The second kappa shape index (κ2) is 9.09. The Morgan fingerprint density at radius 3 is 2.44 bits per heavy atom. The number of rotatable bonds is 6. The molecule has 0 bridgehead atoms. The number of halogens is 1.